The number of hydrogen-bond acceptors (Lipinski definition) is 8. The molecular weight excluding hydrogens is 516 g/mol. The van der Waals surface area contributed by atoms with Gasteiger partial charge in [0.15, 0.2) is 16.3 Å². The van der Waals surface area contributed by atoms with Crippen LogP contribution in [0.1, 0.15) is 44.9 Å². The normalized spacial score (nSPS) is 14.9. The third kappa shape index (κ3) is 5.98. The van der Waals surface area contributed by atoms with E-state index in [1.807, 2.05) is 50.2 Å². The first-order valence-electron chi connectivity index (χ1n) is 12.8. The summed E-state index contributed by atoms with van der Waals surface area (Å²) in [6.07, 6.45) is 3.47. The number of carbonyl (C=O) groups is 1. The van der Waals surface area contributed by atoms with Crippen molar-refractivity contribution in [1.82, 2.24) is 4.57 Å². The summed E-state index contributed by atoms with van der Waals surface area (Å²) in [5.74, 6) is 1.28. The van der Waals surface area contributed by atoms with Crippen LogP contribution in [0, 0.1) is 0 Å². The molecule has 1 aromatic heterocycles. The van der Waals surface area contributed by atoms with Crippen LogP contribution in [-0.2, 0) is 9.53 Å². The van der Waals surface area contributed by atoms with E-state index in [0.717, 1.165) is 5.56 Å². The zero-order chi connectivity index (χ0) is 27.9. The average Bonchev–Trinajstić information content (AvgIpc) is 3.22. The van der Waals surface area contributed by atoms with Crippen molar-refractivity contribution in [1.29, 1.82) is 0 Å². The number of carbonyl (C=O) groups excluding carboxylic acids is 1. The van der Waals surface area contributed by atoms with E-state index >= 15 is 0 Å². The minimum atomic E-state index is -0.750. The van der Waals surface area contributed by atoms with Gasteiger partial charge >= 0.3 is 5.97 Å². The van der Waals surface area contributed by atoms with Gasteiger partial charge in [-0.05, 0) is 69.2 Å². The van der Waals surface area contributed by atoms with Crippen molar-refractivity contribution >= 4 is 23.4 Å². The van der Waals surface area contributed by atoms with Crippen LogP contribution in [0.25, 0.3) is 6.08 Å². The smallest absolute Gasteiger partial charge is 0.338 e. The van der Waals surface area contributed by atoms with Gasteiger partial charge in [-0.3, -0.25) is 9.36 Å². The highest BCUT2D eigenvalue weighted by atomic mass is 32.1. The van der Waals surface area contributed by atoms with Crippen LogP contribution in [0.5, 0.6) is 17.2 Å². The van der Waals surface area contributed by atoms with E-state index < -0.39 is 12.0 Å². The van der Waals surface area contributed by atoms with Crippen molar-refractivity contribution < 1.29 is 23.7 Å². The Morgan fingerprint density at radius 2 is 1.82 bits per heavy atom. The Morgan fingerprint density at radius 3 is 2.54 bits per heavy atom. The first-order valence-corrected chi connectivity index (χ1v) is 13.7. The number of benzene rings is 2. The van der Waals surface area contributed by atoms with Crippen LogP contribution in [0.15, 0.2) is 76.2 Å². The highest BCUT2D eigenvalue weighted by Crippen LogP contribution is 2.36. The average molecular weight is 549 g/mol. The van der Waals surface area contributed by atoms with Crippen molar-refractivity contribution in [2.24, 2.45) is 4.99 Å². The van der Waals surface area contributed by atoms with Gasteiger partial charge in [-0.2, -0.15) is 0 Å². The zero-order valence-corrected chi connectivity index (χ0v) is 23.4. The Morgan fingerprint density at radius 1 is 1.05 bits per heavy atom. The molecule has 0 saturated heterocycles. The number of rotatable bonds is 11. The Labute approximate surface area is 231 Å². The van der Waals surface area contributed by atoms with Gasteiger partial charge in [-0.25, -0.2) is 9.79 Å². The fourth-order valence-corrected chi connectivity index (χ4v) is 5.39. The maximum Gasteiger partial charge on any atom is 0.338 e. The molecule has 8 nitrogen and oxygen atoms in total. The summed E-state index contributed by atoms with van der Waals surface area (Å²) in [4.78, 5) is 32.2. The fraction of sp³-hybridized carbons (Fsp3) is 0.300. The maximum atomic E-state index is 13.9. The van der Waals surface area contributed by atoms with E-state index in [9.17, 15) is 9.59 Å². The lowest BCUT2D eigenvalue weighted by molar-refractivity contribution is -0.139. The Hall–Kier alpha value is -4.11. The van der Waals surface area contributed by atoms with Crippen LogP contribution in [0.3, 0.4) is 0 Å². The van der Waals surface area contributed by atoms with Crippen molar-refractivity contribution in [3.63, 3.8) is 0 Å². The third-order valence-electron chi connectivity index (χ3n) is 5.92. The molecule has 204 valence electrons. The zero-order valence-electron chi connectivity index (χ0n) is 22.6. The molecule has 2 heterocycles. The lowest BCUT2D eigenvalue weighted by Gasteiger charge is -2.25. The number of thiazole rings is 1. The predicted octanol–water partition coefficient (Wildman–Crippen LogP) is 4.16. The van der Waals surface area contributed by atoms with Crippen LogP contribution in [0.4, 0.5) is 0 Å². The molecule has 1 aliphatic heterocycles. The van der Waals surface area contributed by atoms with Crippen molar-refractivity contribution in [3.8, 4) is 17.2 Å². The topological polar surface area (TPSA) is 88.3 Å². The summed E-state index contributed by atoms with van der Waals surface area (Å²) in [5, 5.41) is 0. The Balaban J connectivity index is 1.90. The minimum Gasteiger partial charge on any atom is -0.490 e. The molecular formula is C30H32N2O6S. The van der Waals surface area contributed by atoms with Gasteiger partial charge in [0.05, 0.1) is 41.7 Å². The van der Waals surface area contributed by atoms with E-state index in [1.54, 1.807) is 36.6 Å². The van der Waals surface area contributed by atoms with Crippen LogP contribution in [-0.4, -0.2) is 37.0 Å². The summed E-state index contributed by atoms with van der Waals surface area (Å²) in [6.45, 7) is 12.4. The van der Waals surface area contributed by atoms with Crippen LogP contribution in [0.2, 0.25) is 0 Å². The molecule has 4 rings (SSSR count). The summed E-state index contributed by atoms with van der Waals surface area (Å²) in [5.41, 5.74) is 2.04. The number of ether oxygens (including phenoxy) is 4. The molecule has 0 spiro atoms. The molecule has 1 unspecified atom stereocenters. The van der Waals surface area contributed by atoms with Crippen molar-refractivity contribution in [2.45, 2.75) is 33.7 Å². The van der Waals surface area contributed by atoms with Gasteiger partial charge in [0.1, 0.15) is 12.4 Å². The number of fused-ring (bicyclic) bond motifs is 1. The van der Waals surface area contributed by atoms with Gasteiger partial charge in [-0.15, -0.1) is 0 Å². The molecule has 1 atom stereocenters. The second-order valence-electron chi connectivity index (χ2n) is 8.55. The summed E-state index contributed by atoms with van der Waals surface area (Å²) >= 11 is 1.26. The molecule has 9 heteroatoms. The van der Waals surface area contributed by atoms with Crippen molar-refractivity contribution in [3.05, 3.63) is 97.2 Å². The van der Waals surface area contributed by atoms with Crippen LogP contribution >= 0.6 is 11.3 Å². The van der Waals surface area contributed by atoms with Gasteiger partial charge in [0.2, 0.25) is 0 Å². The van der Waals surface area contributed by atoms with Gasteiger partial charge in [-0.1, -0.05) is 42.2 Å². The first kappa shape index (κ1) is 27.9. The van der Waals surface area contributed by atoms with Crippen molar-refractivity contribution in [2.75, 3.05) is 26.4 Å². The third-order valence-corrected chi connectivity index (χ3v) is 6.91. The quantitative estimate of drug-likeness (QED) is 0.264. The molecule has 0 aliphatic carbocycles. The monoisotopic (exact) mass is 548 g/mol. The molecule has 1 aliphatic rings. The molecule has 0 bridgehead atoms. The summed E-state index contributed by atoms with van der Waals surface area (Å²) < 4.78 is 24.6. The predicted molar refractivity (Wildman–Crippen MR) is 151 cm³/mol. The van der Waals surface area contributed by atoms with E-state index in [1.165, 1.54) is 11.3 Å². The first-order chi connectivity index (χ1) is 18.9. The number of aromatic nitrogens is 1. The van der Waals surface area contributed by atoms with E-state index in [4.69, 9.17) is 18.9 Å². The Kier molecular flexibility index (Phi) is 9.03. The maximum absolute atomic E-state index is 13.9. The van der Waals surface area contributed by atoms with E-state index in [0.29, 0.717) is 63.2 Å². The molecule has 3 aromatic rings. The largest absolute Gasteiger partial charge is 0.490 e. The molecule has 39 heavy (non-hydrogen) atoms. The lowest BCUT2D eigenvalue weighted by Crippen LogP contribution is -2.40. The highest BCUT2D eigenvalue weighted by molar-refractivity contribution is 7.07. The van der Waals surface area contributed by atoms with Gasteiger partial charge in [0.25, 0.3) is 5.56 Å². The molecule has 0 fully saturated rings. The molecule has 0 N–H and O–H groups in total. The standard InChI is InChI=1S/C30H32N2O6S/c1-6-15-38-22-12-10-11-20(16-22)17-25-28(33)32-27(21-13-14-23(35-7-2)24(18-21)36-8-3)26(29(34)37-9-4)19(5)31-30(32)39-25/h6,10-14,16-18,27H,1,7-9,15H2,2-5H3/b25-17-. The number of allylic oxidation sites excluding steroid dienone is 1. The van der Waals surface area contributed by atoms with Gasteiger partial charge < -0.3 is 18.9 Å². The molecule has 0 amide bonds. The summed E-state index contributed by atoms with van der Waals surface area (Å²) in [7, 11) is 0. The van der Waals surface area contributed by atoms with Gasteiger partial charge in [0, 0.05) is 0 Å². The number of esters is 1. The molecule has 0 radical (unpaired) electrons. The highest BCUT2D eigenvalue weighted by Gasteiger charge is 2.34. The fourth-order valence-electron chi connectivity index (χ4n) is 4.35. The molecule has 2 aromatic carbocycles. The lowest BCUT2D eigenvalue weighted by atomic mass is 9.95. The van der Waals surface area contributed by atoms with E-state index in [-0.39, 0.29) is 12.2 Å². The number of hydrogen-bond donors (Lipinski definition) is 0. The second-order valence-corrected chi connectivity index (χ2v) is 9.56. The second kappa shape index (κ2) is 12.6. The SMILES string of the molecule is C=CCOc1cccc(/C=c2\sc3n(c2=O)C(c2ccc(OCC)c(OCC)c2)C(C(=O)OCC)=C(C)N=3)c1. The van der Waals surface area contributed by atoms with E-state index in [2.05, 4.69) is 11.6 Å². The summed E-state index contributed by atoms with van der Waals surface area (Å²) in [6, 6.07) is 12.2. The minimum absolute atomic E-state index is 0.199. The molecule has 0 saturated carbocycles. The Bertz CT molecular complexity index is 1580. The van der Waals surface area contributed by atoms with Crippen LogP contribution < -0.4 is 29.1 Å². The number of nitrogens with zero attached hydrogens (tertiary/aromatic N) is 2.